The summed E-state index contributed by atoms with van der Waals surface area (Å²) in [4.78, 5) is 36.3. The summed E-state index contributed by atoms with van der Waals surface area (Å²) < 4.78 is 19.7. The molecule has 0 radical (unpaired) electrons. The largest absolute Gasteiger partial charge is 0.496 e. The number of nitrogens with zero attached hydrogens (tertiary/aromatic N) is 1. The number of halogens is 2. The monoisotopic (exact) mass is 433 g/mol. The highest BCUT2D eigenvalue weighted by Crippen LogP contribution is 2.30. The van der Waals surface area contributed by atoms with E-state index in [1.807, 2.05) is 0 Å². The van der Waals surface area contributed by atoms with Crippen LogP contribution >= 0.6 is 11.6 Å². The number of nitrogens with one attached hydrogen (secondary N) is 2. The van der Waals surface area contributed by atoms with Crippen LogP contribution in [0, 0.1) is 5.82 Å². The molecule has 30 heavy (non-hydrogen) atoms. The zero-order chi connectivity index (χ0) is 21.8. The molecule has 1 aromatic heterocycles. The molecular formula is C20H17ClFN3O5. The van der Waals surface area contributed by atoms with E-state index in [-0.39, 0.29) is 11.4 Å². The Morgan fingerprint density at radius 1 is 1.27 bits per heavy atom. The number of benzene rings is 2. The first-order valence-electron chi connectivity index (χ1n) is 8.72. The lowest BCUT2D eigenvalue weighted by Gasteiger charge is -2.20. The molecular weight excluding hydrogens is 417 g/mol. The van der Waals surface area contributed by atoms with E-state index in [1.165, 1.54) is 31.4 Å². The van der Waals surface area contributed by atoms with Crippen LogP contribution in [-0.2, 0) is 4.79 Å². The fraction of sp³-hybridized carbons (Fsp3) is 0.150. The highest BCUT2D eigenvalue weighted by atomic mass is 35.5. The molecule has 1 amide bonds. The van der Waals surface area contributed by atoms with Gasteiger partial charge >= 0.3 is 5.97 Å². The van der Waals surface area contributed by atoms with E-state index in [9.17, 15) is 23.9 Å². The maximum Gasteiger partial charge on any atom is 0.305 e. The predicted octanol–water partition coefficient (Wildman–Crippen LogP) is 2.91. The van der Waals surface area contributed by atoms with E-state index in [4.69, 9.17) is 16.3 Å². The zero-order valence-electron chi connectivity index (χ0n) is 15.7. The molecule has 3 rings (SSSR count). The van der Waals surface area contributed by atoms with E-state index in [2.05, 4.69) is 10.4 Å². The van der Waals surface area contributed by atoms with Crippen LogP contribution in [0.25, 0.3) is 5.69 Å². The predicted molar refractivity (Wildman–Crippen MR) is 107 cm³/mol. The average Bonchev–Trinajstić information content (AvgIpc) is 3.09. The van der Waals surface area contributed by atoms with Crippen LogP contribution < -0.4 is 15.6 Å². The maximum absolute atomic E-state index is 13.4. The molecule has 0 spiro atoms. The van der Waals surface area contributed by atoms with Gasteiger partial charge in [0.15, 0.2) is 0 Å². The molecule has 3 N–H and O–H groups in total. The van der Waals surface area contributed by atoms with Crippen LogP contribution in [0.5, 0.6) is 5.75 Å². The molecule has 0 saturated carbocycles. The zero-order valence-corrected chi connectivity index (χ0v) is 16.4. The number of aromatic nitrogens is 2. The van der Waals surface area contributed by atoms with Gasteiger partial charge in [0.25, 0.3) is 11.5 Å². The third kappa shape index (κ3) is 4.69. The van der Waals surface area contributed by atoms with Crippen LogP contribution in [0.15, 0.2) is 53.3 Å². The van der Waals surface area contributed by atoms with Gasteiger partial charge in [-0.25, -0.2) is 9.07 Å². The second-order valence-electron chi connectivity index (χ2n) is 6.33. The van der Waals surface area contributed by atoms with Crippen molar-refractivity contribution in [2.45, 2.75) is 12.5 Å². The van der Waals surface area contributed by atoms with Crippen molar-refractivity contribution in [3.63, 3.8) is 0 Å². The number of amides is 1. The first-order chi connectivity index (χ1) is 14.3. The van der Waals surface area contributed by atoms with Gasteiger partial charge in [-0.1, -0.05) is 17.7 Å². The summed E-state index contributed by atoms with van der Waals surface area (Å²) in [5.74, 6) is -2.09. The molecule has 1 unspecified atom stereocenters. The number of carbonyl (C=O) groups is 2. The number of rotatable bonds is 7. The topological polar surface area (TPSA) is 113 Å². The molecule has 1 atom stereocenters. The summed E-state index contributed by atoms with van der Waals surface area (Å²) in [6, 6.07) is 9.94. The molecule has 0 aliphatic heterocycles. The number of carboxylic acid groups (broad SMARTS) is 1. The van der Waals surface area contributed by atoms with Gasteiger partial charge in [0.1, 0.15) is 17.3 Å². The smallest absolute Gasteiger partial charge is 0.305 e. The van der Waals surface area contributed by atoms with Crippen LogP contribution in [0.3, 0.4) is 0 Å². The minimum atomic E-state index is -1.16. The maximum atomic E-state index is 13.4. The molecule has 1 heterocycles. The second-order valence-corrected chi connectivity index (χ2v) is 6.77. The fourth-order valence-corrected chi connectivity index (χ4v) is 3.13. The van der Waals surface area contributed by atoms with Crippen molar-refractivity contribution in [1.29, 1.82) is 0 Å². The van der Waals surface area contributed by atoms with Crippen LogP contribution in [0.2, 0.25) is 5.02 Å². The molecule has 2 aromatic carbocycles. The van der Waals surface area contributed by atoms with Gasteiger partial charge in [0.05, 0.1) is 25.3 Å². The number of aromatic amines is 1. The van der Waals surface area contributed by atoms with Gasteiger partial charge in [-0.3, -0.25) is 19.5 Å². The Balaban J connectivity index is 1.92. The van der Waals surface area contributed by atoms with Gasteiger partial charge < -0.3 is 15.2 Å². The Kier molecular flexibility index (Phi) is 6.22. The third-order valence-electron chi connectivity index (χ3n) is 4.28. The average molecular weight is 434 g/mol. The Bertz CT molecular complexity index is 1160. The summed E-state index contributed by atoms with van der Waals surface area (Å²) in [5, 5.41) is 14.8. The molecule has 156 valence electrons. The van der Waals surface area contributed by atoms with Crippen molar-refractivity contribution < 1.29 is 23.8 Å². The second kappa shape index (κ2) is 8.83. The number of carboxylic acids is 1. The highest BCUT2D eigenvalue weighted by Gasteiger charge is 2.24. The minimum absolute atomic E-state index is 0.124. The number of ether oxygens (including phenoxy) is 1. The Morgan fingerprint density at radius 3 is 2.70 bits per heavy atom. The third-order valence-corrected chi connectivity index (χ3v) is 4.52. The molecule has 0 aliphatic rings. The van der Waals surface area contributed by atoms with Crippen molar-refractivity contribution in [2.24, 2.45) is 0 Å². The minimum Gasteiger partial charge on any atom is -0.496 e. The lowest BCUT2D eigenvalue weighted by Crippen LogP contribution is -2.31. The number of carbonyl (C=O) groups excluding carboxylic acids is 1. The Hall–Kier alpha value is -3.59. The molecule has 0 aliphatic carbocycles. The van der Waals surface area contributed by atoms with E-state index in [0.717, 1.165) is 16.8 Å². The summed E-state index contributed by atoms with van der Waals surface area (Å²) >= 11 is 6.02. The lowest BCUT2D eigenvalue weighted by atomic mass is 10.0. The molecule has 0 bridgehead atoms. The van der Waals surface area contributed by atoms with Crippen molar-refractivity contribution in [3.05, 3.63) is 81.0 Å². The lowest BCUT2D eigenvalue weighted by molar-refractivity contribution is -0.137. The van der Waals surface area contributed by atoms with Crippen molar-refractivity contribution in [1.82, 2.24) is 15.1 Å². The molecule has 3 aromatic rings. The first-order valence-corrected chi connectivity index (χ1v) is 9.10. The molecule has 0 fully saturated rings. The van der Waals surface area contributed by atoms with E-state index in [1.54, 1.807) is 12.1 Å². The van der Waals surface area contributed by atoms with Gasteiger partial charge in [0.2, 0.25) is 0 Å². The van der Waals surface area contributed by atoms with Gasteiger partial charge in [-0.05, 0) is 36.4 Å². The SMILES string of the molecule is COc1ccc(Cl)cc1C(CC(=O)O)NC(=O)c1cc(=O)n(-c2cccc(F)c2)[nH]1. The number of hydrogen-bond donors (Lipinski definition) is 3. The molecule has 0 saturated heterocycles. The summed E-state index contributed by atoms with van der Waals surface area (Å²) in [5.41, 5.74) is -0.133. The quantitative estimate of drug-likeness (QED) is 0.530. The Morgan fingerprint density at radius 2 is 2.03 bits per heavy atom. The number of hydrogen-bond acceptors (Lipinski definition) is 4. The highest BCUT2D eigenvalue weighted by molar-refractivity contribution is 6.30. The van der Waals surface area contributed by atoms with Gasteiger partial charge in [-0.15, -0.1) is 0 Å². The van der Waals surface area contributed by atoms with Crippen LogP contribution in [0.1, 0.15) is 28.5 Å². The van der Waals surface area contributed by atoms with Crippen LogP contribution in [-0.4, -0.2) is 33.9 Å². The van der Waals surface area contributed by atoms with Gasteiger partial charge in [0, 0.05) is 16.7 Å². The summed E-state index contributed by atoms with van der Waals surface area (Å²) in [7, 11) is 1.41. The number of aliphatic carboxylic acids is 1. The fourth-order valence-electron chi connectivity index (χ4n) is 2.95. The summed E-state index contributed by atoms with van der Waals surface area (Å²) in [6.07, 6.45) is -0.447. The molecule has 8 nitrogen and oxygen atoms in total. The Labute approximate surface area is 174 Å². The van der Waals surface area contributed by atoms with E-state index < -0.39 is 35.7 Å². The first kappa shape index (κ1) is 21.1. The number of H-pyrrole nitrogens is 1. The van der Waals surface area contributed by atoms with Crippen molar-refractivity contribution in [2.75, 3.05) is 7.11 Å². The molecule has 10 heteroatoms. The standard InChI is InChI=1S/C20H17ClFN3O5/c1-30-17-6-5-11(21)7-14(17)15(10-19(27)28)23-20(29)16-9-18(26)25(24-16)13-4-2-3-12(22)8-13/h2-9,15,24H,10H2,1H3,(H,23,29)(H,27,28). The van der Waals surface area contributed by atoms with E-state index in [0.29, 0.717) is 16.3 Å². The van der Waals surface area contributed by atoms with Gasteiger partial charge in [-0.2, -0.15) is 0 Å². The number of methoxy groups -OCH3 is 1. The van der Waals surface area contributed by atoms with Crippen molar-refractivity contribution >= 4 is 23.5 Å². The van der Waals surface area contributed by atoms with Crippen LogP contribution in [0.4, 0.5) is 4.39 Å². The van der Waals surface area contributed by atoms with E-state index >= 15 is 0 Å². The normalized spacial score (nSPS) is 11.7. The summed E-state index contributed by atoms with van der Waals surface area (Å²) in [6.45, 7) is 0. The van der Waals surface area contributed by atoms with Crippen molar-refractivity contribution in [3.8, 4) is 11.4 Å².